The van der Waals surface area contributed by atoms with Crippen LogP contribution in [0, 0.1) is 25.7 Å². The first-order valence-electron chi connectivity index (χ1n) is 8.75. The van der Waals surface area contributed by atoms with Crippen molar-refractivity contribution in [1.82, 2.24) is 19.9 Å². The lowest BCUT2D eigenvalue weighted by Crippen LogP contribution is -2.38. The van der Waals surface area contributed by atoms with Gasteiger partial charge in [-0.15, -0.1) is 11.3 Å². The number of hydrogen-bond donors (Lipinski definition) is 0. The standard InChI is InChI=1S/C18H25N5S/c1-12-6-20-18(7-19-12)22(3)17-5-4-14-8-23(10-16(14)17)9-15-11-24-13(2)21-15/h6-7,11,14,16-17H,4-5,8-10H2,1-3H3/t14-,16+,17-/m1/s1. The van der Waals surface area contributed by atoms with Crippen LogP contribution < -0.4 is 4.90 Å². The second-order valence-electron chi connectivity index (χ2n) is 7.25. The molecule has 2 aliphatic rings. The van der Waals surface area contributed by atoms with Crippen LogP contribution in [0.1, 0.15) is 29.2 Å². The van der Waals surface area contributed by atoms with Gasteiger partial charge in [-0.05, 0) is 38.5 Å². The third-order valence-electron chi connectivity index (χ3n) is 5.57. The van der Waals surface area contributed by atoms with E-state index in [0.29, 0.717) is 6.04 Å². The summed E-state index contributed by atoms with van der Waals surface area (Å²) in [7, 11) is 2.18. The molecule has 1 saturated heterocycles. The Labute approximate surface area is 147 Å². The van der Waals surface area contributed by atoms with Gasteiger partial charge in [0.15, 0.2) is 0 Å². The highest BCUT2D eigenvalue weighted by atomic mass is 32.1. The van der Waals surface area contributed by atoms with E-state index in [4.69, 9.17) is 0 Å². The van der Waals surface area contributed by atoms with Gasteiger partial charge in [0.1, 0.15) is 5.82 Å². The summed E-state index contributed by atoms with van der Waals surface area (Å²) >= 11 is 1.75. The molecule has 24 heavy (non-hydrogen) atoms. The number of nitrogens with zero attached hydrogens (tertiary/aromatic N) is 5. The average Bonchev–Trinajstić information content (AvgIpc) is 3.24. The molecule has 6 heteroatoms. The second kappa shape index (κ2) is 6.41. The van der Waals surface area contributed by atoms with Crippen LogP contribution in [0.4, 0.5) is 5.82 Å². The van der Waals surface area contributed by atoms with Crippen molar-refractivity contribution >= 4 is 17.2 Å². The van der Waals surface area contributed by atoms with E-state index in [-0.39, 0.29) is 0 Å². The predicted octanol–water partition coefficient (Wildman–Crippen LogP) is 2.90. The Kier molecular flexibility index (Phi) is 4.26. The van der Waals surface area contributed by atoms with Gasteiger partial charge in [-0.25, -0.2) is 9.97 Å². The first-order chi connectivity index (χ1) is 11.6. The van der Waals surface area contributed by atoms with Gasteiger partial charge < -0.3 is 4.90 Å². The zero-order valence-corrected chi connectivity index (χ0v) is 15.5. The maximum absolute atomic E-state index is 4.63. The molecule has 0 unspecified atom stereocenters. The van der Waals surface area contributed by atoms with Crippen LogP contribution in [0.25, 0.3) is 0 Å². The molecule has 5 nitrogen and oxygen atoms in total. The van der Waals surface area contributed by atoms with Crippen molar-refractivity contribution in [1.29, 1.82) is 0 Å². The average molecular weight is 344 g/mol. The van der Waals surface area contributed by atoms with Gasteiger partial charge in [-0.1, -0.05) is 0 Å². The molecule has 2 aromatic rings. The van der Waals surface area contributed by atoms with Crippen LogP contribution in [-0.2, 0) is 6.54 Å². The molecule has 2 fully saturated rings. The fraction of sp³-hybridized carbons (Fsp3) is 0.611. The maximum Gasteiger partial charge on any atom is 0.147 e. The first kappa shape index (κ1) is 16.0. The molecule has 0 aromatic carbocycles. The molecule has 0 bridgehead atoms. The Morgan fingerprint density at radius 1 is 1.21 bits per heavy atom. The number of hydrogen-bond acceptors (Lipinski definition) is 6. The van der Waals surface area contributed by atoms with E-state index < -0.39 is 0 Å². The number of aryl methyl sites for hydroxylation is 2. The van der Waals surface area contributed by atoms with Crippen LogP contribution in [-0.4, -0.2) is 46.0 Å². The number of rotatable bonds is 4. The lowest BCUT2D eigenvalue weighted by Gasteiger charge is -2.30. The second-order valence-corrected chi connectivity index (χ2v) is 8.31. The molecular formula is C18H25N5S. The van der Waals surface area contributed by atoms with E-state index in [0.717, 1.165) is 29.9 Å². The Morgan fingerprint density at radius 2 is 2.08 bits per heavy atom. The van der Waals surface area contributed by atoms with Crippen molar-refractivity contribution in [2.24, 2.45) is 11.8 Å². The van der Waals surface area contributed by atoms with Crippen LogP contribution in [0.5, 0.6) is 0 Å². The molecule has 1 aliphatic heterocycles. The fourth-order valence-corrected chi connectivity index (χ4v) is 4.99. The predicted molar refractivity (Wildman–Crippen MR) is 97.3 cm³/mol. The highest BCUT2D eigenvalue weighted by Gasteiger charge is 2.44. The van der Waals surface area contributed by atoms with Crippen LogP contribution in [0.15, 0.2) is 17.8 Å². The number of fused-ring (bicyclic) bond motifs is 1. The van der Waals surface area contributed by atoms with Crippen molar-refractivity contribution in [3.63, 3.8) is 0 Å². The summed E-state index contributed by atoms with van der Waals surface area (Å²) in [4.78, 5) is 18.5. The molecule has 0 radical (unpaired) electrons. The van der Waals surface area contributed by atoms with E-state index >= 15 is 0 Å². The van der Waals surface area contributed by atoms with Gasteiger partial charge in [0.05, 0.1) is 28.8 Å². The molecule has 1 saturated carbocycles. The highest BCUT2D eigenvalue weighted by Crippen LogP contribution is 2.41. The summed E-state index contributed by atoms with van der Waals surface area (Å²) < 4.78 is 0. The fourth-order valence-electron chi connectivity index (χ4n) is 4.39. The highest BCUT2D eigenvalue weighted by molar-refractivity contribution is 7.09. The van der Waals surface area contributed by atoms with Gasteiger partial charge in [0.2, 0.25) is 0 Å². The SMILES string of the molecule is Cc1cnc(N(C)[C@@H]2CC[C@@H]3CN(Cc4csc(C)n4)C[C@@H]32)cn1. The molecule has 1 aliphatic carbocycles. The molecule has 4 rings (SSSR count). The van der Waals surface area contributed by atoms with Gasteiger partial charge in [0, 0.05) is 38.1 Å². The third kappa shape index (κ3) is 3.05. The lowest BCUT2D eigenvalue weighted by atomic mass is 9.97. The normalized spacial score (nSPS) is 26.7. The van der Waals surface area contributed by atoms with E-state index in [9.17, 15) is 0 Å². The van der Waals surface area contributed by atoms with Gasteiger partial charge in [0.25, 0.3) is 0 Å². The Morgan fingerprint density at radius 3 is 2.79 bits per heavy atom. The number of aromatic nitrogens is 3. The summed E-state index contributed by atoms with van der Waals surface area (Å²) in [5.74, 6) is 2.55. The largest absolute Gasteiger partial charge is 0.355 e. The smallest absolute Gasteiger partial charge is 0.147 e. The number of thiazole rings is 1. The van der Waals surface area contributed by atoms with E-state index in [2.05, 4.69) is 44.1 Å². The molecule has 0 spiro atoms. The molecule has 3 heterocycles. The lowest BCUT2D eigenvalue weighted by molar-refractivity contribution is 0.294. The van der Waals surface area contributed by atoms with Crippen molar-refractivity contribution in [2.75, 3.05) is 25.0 Å². The third-order valence-corrected chi connectivity index (χ3v) is 6.40. The Bertz CT molecular complexity index is 698. The molecule has 0 amide bonds. The minimum atomic E-state index is 0.578. The minimum Gasteiger partial charge on any atom is -0.355 e. The number of likely N-dealkylation sites (tertiary alicyclic amines) is 1. The van der Waals surface area contributed by atoms with E-state index in [1.807, 2.05) is 19.3 Å². The summed E-state index contributed by atoms with van der Waals surface area (Å²) in [6, 6.07) is 0.578. The topological polar surface area (TPSA) is 45.2 Å². The van der Waals surface area contributed by atoms with E-state index in [1.54, 1.807) is 11.3 Å². The first-order valence-corrected chi connectivity index (χ1v) is 9.63. The van der Waals surface area contributed by atoms with Crippen molar-refractivity contribution in [3.05, 3.63) is 34.2 Å². The van der Waals surface area contributed by atoms with Crippen LogP contribution >= 0.6 is 11.3 Å². The van der Waals surface area contributed by atoms with Crippen molar-refractivity contribution < 1.29 is 0 Å². The quantitative estimate of drug-likeness (QED) is 0.854. The van der Waals surface area contributed by atoms with Crippen LogP contribution in [0.2, 0.25) is 0 Å². The summed E-state index contributed by atoms with van der Waals surface area (Å²) in [6.07, 6.45) is 6.37. The summed E-state index contributed by atoms with van der Waals surface area (Å²) in [5.41, 5.74) is 2.20. The Balaban J connectivity index is 1.43. The van der Waals surface area contributed by atoms with Gasteiger partial charge >= 0.3 is 0 Å². The molecule has 3 atom stereocenters. The number of anilines is 1. The van der Waals surface area contributed by atoms with Crippen molar-refractivity contribution in [2.45, 2.75) is 39.3 Å². The van der Waals surface area contributed by atoms with Crippen LogP contribution in [0.3, 0.4) is 0 Å². The summed E-state index contributed by atoms with van der Waals surface area (Å²) in [6.45, 7) is 7.46. The molecule has 128 valence electrons. The van der Waals surface area contributed by atoms with Gasteiger partial charge in [-0.2, -0.15) is 0 Å². The van der Waals surface area contributed by atoms with Crippen molar-refractivity contribution in [3.8, 4) is 0 Å². The molecular weight excluding hydrogens is 318 g/mol. The molecule has 2 aromatic heterocycles. The zero-order chi connectivity index (χ0) is 16.7. The zero-order valence-electron chi connectivity index (χ0n) is 14.6. The Hall–Kier alpha value is -1.53. The summed E-state index contributed by atoms with van der Waals surface area (Å²) in [5, 5.41) is 3.37. The van der Waals surface area contributed by atoms with E-state index in [1.165, 1.54) is 36.6 Å². The minimum absolute atomic E-state index is 0.578. The van der Waals surface area contributed by atoms with Gasteiger partial charge in [-0.3, -0.25) is 9.88 Å². The molecule has 0 N–H and O–H groups in total. The monoisotopic (exact) mass is 343 g/mol. The maximum atomic E-state index is 4.63.